The lowest BCUT2D eigenvalue weighted by Crippen LogP contribution is -2.48. The van der Waals surface area contributed by atoms with E-state index in [1.807, 2.05) is 35.4 Å². The Hall–Kier alpha value is -5.88. The standard InChI is InChI=1S/C38H39FN10O4/c1-45-35-31(49(38(45)53)32-13-14-33(50)43-37(32)52)12-10-28(39)34(35)47-17-15-46(16-18-47)21-23-5-8-27(9-6-23)48-22-24-19-25(7-11-29(24)44-48)42-36(51)30-4-2-3-26(20-40)41-30/h2-4,7,10-12,19,22-23,27,32H,5-6,8-9,13-18,21H2,1H3,(H,42,51)(H,43,50,52). The number of pyridine rings is 1. The molecule has 272 valence electrons. The molecule has 2 aromatic carbocycles. The second-order valence-electron chi connectivity index (χ2n) is 14.3. The van der Waals surface area contributed by atoms with Crippen LogP contribution >= 0.6 is 0 Å². The van der Waals surface area contributed by atoms with Crippen molar-refractivity contribution in [1.29, 1.82) is 5.26 Å². The first kappa shape index (κ1) is 34.2. The van der Waals surface area contributed by atoms with E-state index in [-0.39, 0.29) is 42.1 Å². The Morgan fingerprint density at radius 1 is 1.02 bits per heavy atom. The van der Waals surface area contributed by atoms with Crippen molar-refractivity contribution in [2.24, 2.45) is 13.0 Å². The highest BCUT2D eigenvalue weighted by atomic mass is 19.1. The first-order valence-electron chi connectivity index (χ1n) is 18.0. The van der Waals surface area contributed by atoms with Gasteiger partial charge in [0, 0.05) is 63.5 Å². The molecule has 15 heteroatoms. The summed E-state index contributed by atoms with van der Waals surface area (Å²) in [5.74, 6) is -1.12. The predicted molar refractivity (Wildman–Crippen MR) is 195 cm³/mol. The van der Waals surface area contributed by atoms with Gasteiger partial charge in [-0.05, 0) is 80.5 Å². The van der Waals surface area contributed by atoms with Crippen molar-refractivity contribution in [1.82, 2.24) is 34.1 Å². The molecule has 1 unspecified atom stereocenters. The summed E-state index contributed by atoms with van der Waals surface area (Å²) in [6.07, 6.45) is 6.56. The maximum absolute atomic E-state index is 15.5. The van der Waals surface area contributed by atoms with Crippen LogP contribution in [0.2, 0.25) is 0 Å². The number of carbonyl (C=O) groups is 3. The van der Waals surface area contributed by atoms with Crippen LogP contribution in [-0.4, -0.2) is 79.2 Å². The normalized spacial score (nSPS) is 21.2. The number of aromatic nitrogens is 5. The number of aryl methyl sites for hydroxylation is 1. The first-order valence-corrected chi connectivity index (χ1v) is 18.0. The third-order valence-corrected chi connectivity index (χ3v) is 11.0. The number of carbonyl (C=O) groups excluding carboxylic acids is 3. The topological polar surface area (TPSA) is 163 Å². The summed E-state index contributed by atoms with van der Waals surface area (Å²) in [5.41, 5.74) is 2.75. The number of halogens is 1. The molecule has 2 aliphatic heterocycles. The molecular formula is C38H39FN10O4. The molecule has 2 N–H and O–H groups in total. The van der Waals surface area contributed by atoms with Crippen LogP contribution in [0, 0.1) is 23.1 Å². The Labute approximate surface area is 303 Å². The minimum atomic E-state index is -0.826. The zero-order chi connectivity index (χ0) is 36.8. The van der Waals surface area contributed by atoms with Crippen molar-refractivity contribution in [3.8, 4) is 6.07 Å². The summed E-state index contributed by atoms with van der Waals surface area (Å²) in [7, 11) is 1.60. The minimum absolute atomic E-state index is 0.140. The van der Waals surface area contributed by atoms with E-state index in [0.717, 1.165) is 56.2 Å². The summed E-state index contributed by atoms with van der Waals surface area (Å²) in [4.78, 5) is 59.0. The Bertz CT molecular complexity index is 2360. The molecule has 0 radical (unpaired) electrons. The Kier molecular flexibility index (Phi) is 8.99. The Balaban J connectivity index is 0.874. The van der Waals surface area contributed by atoms with Crippen LogP contribution in [0.15, 0.2) is 59.5 Å². The monoisotopic (exact) mass is 718 g/mol. The maximum Gasteiger partial charge on any atom is 0.329 e. The fourth-order valence-corrected chi connectivity index (χ4v) is 8.20. The van der Waals surface area contributed by atoms with Crippen LogP contribution in [0.1, 0.15) is 66.8 Å². The second-order valence-corrected chi connectivity index (χ2v) is 14.3. The number of nitrogens with zero attached hydrogens (tertiary/aromatic N) is 8. The fraction of sp³-hybridized carbons (Fsp3) is 0.395. The Morgan fingerprint density at radius 3 is 2.57 bits per heavy atom. The number of nitriles is 1. The largest absolute Gasteiger partial charge is 0.365 e. The number of benzene rings is 2. The van der Waals surface area contributed by atoms with E-state index in [4.69, 9.17) is 10.4 Å². The van der Waals surface area contributed by atoms with Gasteiger partial charge >= 0.3 is 5.69 Å². The summed E-state index contributed by atoms with van der Waals surface area (Å²) in [6.45, 7) is 3.71. The summed E-state index contributed by atoms with van der Waals surface area (Å²) < 4.78 is 20.4. The third kappa shape index (κ3) is 6.54. The lowest BCUT2D eigenvalue weighted by atomic mass is 9.85. The van der Waals surface area contributed by atoms with Gasteiger partial charge in [-0.25, -0.2) is 14.2 Å². The number of fused-ring (bicyclic) bond motifs is 2. The van der Waals surface area contributed by atoms with E-state index in [0.29, 0.717) is 41.4 Å². The molecule has 5 heterocycles. The van der Waals surface area contributed by atoms with Gasteiger partial charge in [0.25, 0.3) is 5.91 Å². The van der Waals surface area contributed by atoms with E-state index in [9.17, 15) is 19.2 Å². The number of piperidine rings is 1. The van der Waals surface area contributed by atoms with Crippen LogP contribution in [0.25, 0.3) is 21.9 Å². The minimum Gasteiger partial charge on any atom is -0.365 e. The lowest BCUT2D eigenvalue weighted by Gasteiger charge is -2.39. The van der Waals surface area contributed by atoms with Gasteiger partial charge in [0.15, 0.2) is 0 Å². The van der Waals surface area contributed by atoms with Crippen molar-refractivity contribution < 1.29 is 18.8 Å². The average Bonchev–Trinajstić information content (AvgIpc) is 3.70. The molecule has 53 heavy (non-hydrogen) atoms. The molecule has 14 nitrogen and oxygen atoms in total. The fourth-order valence-electron chi connectivity index (χ4n) is 8.20. The van der Waals surface area contributed by atoms with E-state index in [1.54, 1.807) is 31.3 Å². The van der Waals surface area contributed by atoms with Crippen molar-refractivity contribution in [2.75, 3.05) is 42.9 Å². The number of piperazine rings is 1. The van der Waals surface area contributed by atoms with Crippen LogP contribution < -0.4 is 21.2 Å². The second kappa shape index (κ2) is 13.9. The molecule has 3 aromatic heterocycles. The summed E-state index contributed by atoms with van der Waals surface area (Å²) in [6, 6.07) is 14.7. The van der Waals surface area contributed by atoms with E-state index in [1.165, 1.54) is 15.2 Å². The molecular weight excluding hydrogens is 679 g/mol. The van der Waals surface area contributed by atoms with Gasteiger partial charge in [0.1, 0.15) is 29.3 Å². The molecule has 0 spiro atoms. The van der Waals surface area contributed by atoms with Gasteiger partial charge in [0.05, 0.1) is 28.3 Å². The summed E-state index contributed by atoms with van der Waals surface area (Å²) in [5, 5.41) is 20.1. The van der Waals surface area contributed by atoms with Crippen molar-refractivity contribution in [3.05, 3.63) is 82.4 Å². The number of hydrogen-bond acceptors (Lipinski definition) is 9. The first-order chi connectivity index (χ1) is 25.7. The molecule has 5 aromatic rings. The summed E-state index contributed by atoms with van der Waals surface area (Å²) >= 11 is 0. The molecule has 3 aliphatic rings. The van der Waals surface area contributed by atoms with Crippen molar-refractivity contribution in [2.45, 2.75) is 50.6 Å². The number of rotatable bonds is 7. The van der Waals surface area contributed by atoms with Crippen LogP contribution in [0.4, 0.5) is 15.8 Å². The van der Waals surface area contributed by atoms with Crippen molar-refractivity contribution in [3.63, 3.8) is 0 Å². The molecule has 1 atom stereocenters. The quantitative estimate of drug-likeness (QED) is 0.238. The number of amides is 3. The Morgan fingerprint density at radius 2 is 1.81 bits per heavy atom. The molecule has 1 saturated carbocycles. The predicted octanol–water partition coefficient (Wildman–Crippen LogP) is 3.88. The lowest BCUT2D eigenvalue weighted by molar-refractivity contribution is -0.135. The molecule has 8 rings (SSSR count). The maximum atomic E-state index is 15.5. The smallest absolute Gasteiger partial charge is 0.329 e. The van der Waals surface area contributed by atoms with Gasteiger partial charge < -0.3 is 10.2 Å². The van der Waals surface area contributed by atoms with E-state index >= 15 is 4.39 Å². The zero-order valence-corrected chi connectivity index (χ0v) is 29.3. The molecule has 2 saturated heterocycles. The number of hydrogen-bond donors (Lipinski definition) is 2. The number of nitrogens with one attached hydrogen (secondary N) is 2. The van der Waals surface area contributed by atoms with Gasteiger partial charge in [-0.3, -0.25) is 38.4 Å². The van der Waals surface area contributed by atoms with E-state index < -0.39 is 23.5 Å². The van der Waals surface area contributed by atoms with Gasteiger partial charge in [-0.1, -0.05) is 6.07 Å². The third-order valence-electron chi connectivity index (χ3n) is 11.0. The molecule has 1 aliphatic carbocycles. The van der Waals surface area contributed by atoms with Gasteiger partial charge in [-0.15, -0.1) is 0 Å². The molecule has 3 fully saturated rings. The number of anilines is 2. The van der Waals surface area contributed by atoms with Crippen LogP contribution in [0.5, 0.6) is 0 Å². The van der Waals surface area contributed by atoms with Gasteiger partial charge in [0.2, 0.25) is 11.8 Å². The SMILES string of the molecule is Cn1c(=O)n(C2CCC(=O)NC2=O)c2ccc(F)c(N3CCN(CC4CCC(n5cc6cc(NC(=O)c7cccc(C#N)n7)ccc6n5)CC4)CC3)c21. The highest BCUT2D eigenvalue weighted by Crippen LogP contribution is 2.35. The highest BCUT2D eigenvalue weighted by Gasteiger charge is 2.34. The molecule has 3 amide bonds. The van der Waals surface area contributed by atoms with Crippen molar-refractivity contribution >= 4 is 51.0 Å². The molecule has 0 bridgehead atoms. The van der Waals surface area contributed by atoms with Crippen LogP contribution in [-0.2, 0) is 16.6 Å². The highest BCUT2D eigenvalue weighted by molar-refractivity contribution is 6.04. The average molecular weight is 719 g/mol. The number of imidazole rings is 1. The van der Waals surface area contributed by atoms with E-state index in [2.05, 4.69) is 25.2 Å². The van der Waals surface area contributed by atoms with Crippen LogP contribution in [0.3, 0.4) is 0 Å². The zero-order valence-electron chi connectivity index (χ0n) is 29.3. The number of imide groups is 1. The van der Waals surface area contributed by atoms with Gasteiger partial charge in [-0.2, -0.15) is 10.4 Å².